The molecule has 9 nitrogen and oxygen atoms in total. The lowest BCUT2D eigenvalue weighted by Crippen LogP contribution is -2.58. The van der Waals surface area contributed by atoms with Crippen LogP contribution in [-0.4, -0.2) is 91.9 Å². The molecule has 1 heterocycles. The van der Waals surface area contributed by atoms with Crippen molar-refractivity contribution in [3.8, 4) is 142 Å². The van der Waals surface area contributed by atoms with Crippen LogP contribution in [0.4, 0.5) is 0 Å². The molecule has 0 aromatic rings. The van der Waals surface area contributed by atoms with Crippen molar-refractivity contribution in [2.24, 2.45) is 0 Å². The van der Waals surface area contributed by atoms with Crippen molar-refractivity contribution in [3.05, 3.63) is 12.2 Å². The molecule has 8 atom stereocenters. The number of unbranched alkanes of at least 4 members (excludes halogenated alkanes) is 11. The zero-order valence-corrected chi connectivity index (χ0v) is 34.2. The van der Waals surface area contributed by atoms with E-state index in [0.717, 1.165) is 19.3 Å². The molecule has 1 aliphatic heterocycles. The van der Waals surface area contributed by atoms with E-state index in [1.165, 1.54) is 63.5 Å². The first-order chi connectivity index (χ1) is 29.3. The van der Waals surface area contributed by atoms with E-state index in [2.05, 4.69) is 154 Å². The van der Waals surface area contributed by atoms with Crippen molar-refractivity contribution in [1.82, 2.24) is 5.32 Å². The summed E-state index contributed by atoms with van der Waals surface area (Å²) in [5.41, 5.74) is 0. The summed E-state index contributed by atoms with van der Waals surface area (Å²) in [6, 6.07) is -1.19. The normalized spacial score (nSPS) is 17.9. The van der Waals surface area contributed by atoms with Gasteiger partial charge in [0.25, 0.3) is 5.91 Å². The molecule has 308 valence electrons. The summed E-state index contributed by atoms with van der Waals surface area (Å²) in [5.74, 6) is 58.6. The Bertz CT molecular complexity index is 2190. The van der Waals surface area contributed by atoms with Crippen LogP contribution in [0.1, 0.15) is 97.3 Å². The van der Waals surface area contributed by atoms with Crippen molar-refractivity contribution >= 4 is 5.91 Å². The predicted molar refractivity (Wildman–Crippen MR) is 232 cm³/mol. The van der Waals surface area contributed by atoms with Gasteiger partial charge in [-0.3, -0.25) is 4.79 Å². The van der Waals surface area contributed by atoms with Gasteiger partial charge in [-0.05, 0) is 108 Å². The maximum atomic E-state index is 12.7. The van der Waals surface area contributed by atoms with Crippen molar-refractivity contribution in [3.63, 3.8) is 0 Å². The van der Waals surface area contributed by atoms with Crippen molar-refractivity contribution in [2.75, 3.05) is 6.61 Å². The Kier molecular flexibility index (Phi) is 30.8. The van der Waals surface area contributed by atoms with Crippen LogP contribution in [0.5, 0.6) is 0 Å². The third-order valence-corrected chi connectivity index (χ3v) is 8.46. The van der Waals surface area contributed by atoms with Crippen LogP contribution < -0.4 is 5.32 Å². The highest BCUT2D eigenvalue weighted by Gasteiger charge is 2.42. The van der Waals surface area contributed by atoms with E-state index in [-0.39, 0.29) is 6.42 Å². The number of carbonyl (C=O) groups excluding carboxylic acids is 1. The first kappa shape index (κ1) is 51.7. The van der Waals surface area contributed by atoms with Gasteiger partial charge in [0, 0.05) is 41.4 Å². The molecule has 1 fully saturated rings. The van der Waals surface area contributed by atoms with Gasteiger partial charge in [-0.15, -0.1) is 0 Å². The van der Waals surface area contributed by atoms with E-state index in [9.17, 15) is 35.4 Å². The minimum Gasteiger partial charge on any atom is -0.394 e. The van der Waals surface area contributed by atoms with E-state index >= 15 is 0 Å². The van der Waals surface area contributed by atoms with Crippen LogP contribution in [0.3, 0.4) is 0 Å². The van der Waals surface area contributed by atoms with Crippen molar-refractivity contribution in [1.29, 1.82) is 0 Å². The summed E-state index contributed by atoms with van der Waals surface area (Å²) in [6.45, 7) is 3.27. The highest BCUT2D eigenvalue weighted by atomic mass is 16.5. The van der Waals surface area contributed by atoms with Crippen LogP contribution in [0.15, 0.2) is 12.2 Å². The molecule has 7 N–H and O–H groups in total. The SMILES string of the molecule is CC#CC#CC#CC#CC#CC#CC#CC#CC#CC#CC#CC#CC(=O)N[C@@H](/C=C\[C@@H]1OC(CO)[C@H](O)[C@H](O)C1O)[C@H](O)[C@H](O)CCCCCCCCCCCCCC. The maximum absolute atomic E-state index is 12.7. The van der Waals surface area contributed by atoms with Crippen molar-refractivity contribution < 1.29 is 40.2 Å². The number of aliphatic hydroxyl groups is 6. The standard InChI is InChI=1S/C51H51NO8/c1-3-5-7-9-11-13-15-17-18-19-20-21-22-23-24-25-26-27-29-31-33-35-37-39-47(55)52-43(40-41-45-49(57)51(59)50(58)46(42-53)60-45)48(56)44(54)38-36-34-32-30-28-16-14-12-10-8-6-4-2/h40-41,43-46,48-51,53-54,56-59H,4,6,8,10,12,14,16,28,30,32,34,36,38,42H2,1-2H3,(H,52,55)/b41-40-/t43-,44+,45-,46?,48-,49?,50-,51+/m0/s1. The van der Waals surface area contributed by atoms with Gasteiger partial charge >= 0.3 is 0 Å². The number of amides is 1. The first-order valence-corrected chi connectivity index (χ1v) is 19.8. The molecule has 0 bridgehead atoms. The molecule has 1 amide bonds. The molecule has 0 aromatic carbocycles. The molecule has 0 saturated carbocycles. The summed E-state index contributed by atoms with van der Waals surface area (Å²) >= 11 is 0. The fourth-order valence-corrected chi connectivity index (χ4v) is 5.33. The van der Waals surface area contributed by atoms with Crippen LogP contribution in [-0.2, 0) is 9.53 Å². The zero-order valence-electron chi connectivity index (χ0n) is 34.2. The monoisotopic (exact) mass is 805 g/mol. The number of ether oxygens (including phenoxy) is 1. The summed E-state index contributed by atoms with van der Waals surface area (Å²) in [7, 11) is 0. The topological polar surface area (TPSA) is 160 Å². The minimum atomic E-state index is -1.62. The summed E-state index contributed by atoms with van der Waals surface area (Å²) < 4.78 is 5.50. The second kappa shape index (κ2) is 35.8. The zero-order chi connectivity index (χ0) is 43.9. The molecular weight excluding hydrogens is 755 g/mol. The van der Waals surface area contributed by atoms with Crippen LogP contribution in [0, 0.1) is 142 Å². The van der Waals surface area contributed by atoms with Gasteiger partial charge in [-0.1, -0.05) is 102 Å². The Morgan fingerprint density at radius 3 is 1.40 bits per heavy atom. The average Bonchev–Trinajstić information content (AvgIpc) is 3.25. The lowest BCUT2D eigenvalue weighted by atomic mass is 9.93. The highest BCUT2D eigenvalue weighted by molar-refractivity contribution is 5.94. The van der Waals surface area contributed by atoms with E-state index < -0.39 is 61.3 Å². The Morgan fingerprint density at radius 2 is 0.983 bits per heavy atom. The number of nitrogens with one attached hydrogen (secondary N) is 1. The van der Waals surface area contributed by atoms with E-state index in [4.69, 9.17) is 4.74 Å². The Morgan fingerprint density at radius 1 is 0.583 bits per heavy atom. The van der Waals surface area contributed by atoms with Gasteiger partial charge in [0.1, 0.15) is 36.6 Å². The largest absolute Gasteiger partial charge is 0.394 e. The van der Waals surface area contributed by atoms with Gasteiger partial charge in [-0.25, -0.2) is 0 Å². The first-order valence-electron chi connectivity index (χ1n) is 19.8. The molecule has 0 aliphatic carbocycles. The number of rotatable bonds is 19. The molecule has 1 aliphatic rings. The fraction of sp³-hybridized carbons (Fsp3) is 0.471. The van der Waals surface area contributed by atoms with E-state index in [1.54, 1.807) is 6.92 Å². The Balaban J connectivity index is 2.78. The van der Waals surface area contributed by atoms with Gasteiger partial charge in [0.05, 0.1) is 18.8 Å². The quantitative estimate of drug-likeness (QED) is 0.0592. The van der Waals surface area contributed by atoms with E-state index in [1.807, 2.05) is 0 Å². The fourth-order valence-electron chi connectivity index (χ4n) is 5.33. The van der Waals surface area contributed by atoms with Gasteiger partial charge in [-0.2, -0.15) is 0 Å². The molecule has 1 saturated heterocycles. The molecule has 0 aromatic heterocycles. The smallest absolute Gasteiger partial charge is 0.297 e. The number of hydrogen-bond acceptors (Lipinski definition) is 8. The summed E-state index contributed by atoms with van der Waals surface area (Å²) in [5, 5.41) is 64.6. The van der Waals surface area contributed by atoms with Crippen molar-refractivity contribution in [2.45, 2.75) is 146 Å². The lowest BCUT2D eigenvalue weighted by molar-refractivity contribution is -0.216. The second-order valence-corrected chi connectivity index (χ2v) is 13.0. The maximum Gasteiger partial charge on any atom is 0.297 e. The molecule has 0 spiro atoms. The number of hydrogen-bond donors (Lipinski definition) is 7. The van der Waals surface area contributed by atoms with Crippen LogP contribution in [0.25, 0.3) is 0 Å². The molecule has 9 heteroatoms. The Hall–Kier alpha value is -6.35. The lowest BCUT2D eigenvalue weighted by Gasteiger charge is -2.39. The third kappa shape index (κ3) is 25.8. The molecule has 0 radical (unpaired) electrons. The highest BCUT2D eigenvalue weighted by Crippen LogP contribution is 2.22. The van der Waals surface area contributed by atoms with Gasteiger partial charge in [0.2, 0.25) is 0 Å². The van der Waals surface area contributed by atoms with Crippen LogP contribution in [0.2, 0.25) is 0 Å². The molecule has 60 heavy (non-hydrogen) atoms. The third-order valence-electron chi connectivity index (χ3n) is 8.46. The van der Waals surface area contributed by atoms with E-state index in [0.29, 0.717) is 6.42 Å². The number of aliphatic hydroxyl groups excluding tert-OH is 6. The molecule has 2 unspecified atom stereocenters. The second-order valence-electron chi connectivity index (χ2n) is 13.0. The molecular formula is C51H51NO8. The summed E-state index contributed by atoms with van der Waals surface area (Å²) in [6.07, 6.45) is 6.87. The average molecular weight is 806 g/mol. The minimum absolute atomic E-state index is 0.280. The van der Waals surface area contributed by atoms with Gasteiger partial charge in [0.15, 0.2) is 0 Å². The summed E-state index contributed by atoms with van der Waals surface area (Å²) in [4.78, 5) is 12.7. The number of carbonyl (C=O) groups is 1. The van der Waals surface area contributed by atoms with Gasteiger partial charge < -0.3 is 40.7 Å². The Labute approximate surface area is 357 Å². The molecule has 1 rings (SSSR count). The predicted octanol–water partition coefficient (Wildman–Crippen LogP) is 1.74. The van der Waals surface area contributed by atoms with Crippen LogP contribution >= 0.6 is 0 Å².